The first kappa shape index (κ1) is 13.6. The number of carbonyl (C=O) groups is 1. The topological polar surface area (TPSA) is 39.2 Å². The van der Waals surface area contributed by atoms with Crippen LogP contribution in [-0.2, 0) is 0 Å². The summed E-state index contributed by atoms with van der Waals surface area (Å²) in [5.41, 5.74) is 2.05. The molecule has 0 radical (unpaired) electrons. The highest BCUT2D eigenvalue weighted by molar-refractivity contribution is 6.32. The number of aldehydes is 1. The lowest BCUT2D eigenvalue weighted by atomic mass is 10.2. The van der Waals surface area contributed by atoms with Crippen LogP contribution in [0.5, 0.6) is 11.5 Å². The molecule has 0 saturated carbocycles. The number of halogens is 1. The second kappa shape index (κ2) is 5.54. The van der Waals surface area contributed by atoms with E-state index in [2.05, 4.69) is 4.98 Å². The molecule has 0 aliphatic carbocycles. The number of benzene rings is 2. The molecule has 0 amide bonds. The van der Waals surface area contributed by atoms with Gasteiger partial charge in [-0.3, -0.25) is 4.79 Å². The average molecular weight is 298 g/mol. The standard InChI is InChI=1S/C17H12ClNO2/c1-11-8-9-12-4-3-7-15(16(12)19-11)21-17-13(10-20)5-2-6-14(17)18/h2-10H,1H3. The fraction of sp³-hybridized carbons (Fsp3) is 0.0588. The summed E-state index contributed by atoms with van der Waals surface area (Å²) in [5, 5.41) is 1.36. The Morgan fingerprint density at radius 1 is 1.10 bits per heavy atom. The molecular formula is C17H12ClNO2. The number of para-hydroxylation sites is 2. The molecule has 3 rings (SSSR count). The summed E-state index contributed by atoms with van der Waals surface area (Å²) in [6, 6.07) is 14.6. The zero-order valence-electron chi connectivity index (χ0n) is 11.3. The van der Waals surface area contributed by atoms with E-state index in [9.17, 15) is 4.79 Å². The minimum atomic E-state index is 0.352. The van der Waals surface area contributed by atoms with Crippen LogP contribution in [0.2, 0.25) is 5.02 Å². The van der Waals surface area contributed by atoms with Crippen molar-refractivity contribution in [2.75, 3.05) is 0 Å². The van der Waals surface area contributed by atoms with E-state index in [-0.39, 0.29) is 0 Å². The first-order valence-electron chi connectivity index (χ1n) is 6.47. The zero-order chi connectivity index (χ0) is 14.8. The van der Waals surface area contributed by atoms with Gasteiger partial charge in [0.15, 0.2) is 17.8 Å². The normalized spacial score (nSPS) is 10.6. The van der Waals surface area contributed by atoms with Crippen LogP contribution in [-0.4, -0.2) is 11.3 Å². The minimum absolute atomic E-state index is 0.352. The Kier molecular flexibility index (Phi) is 3.59. The highest BCUT2D eigenvalue weighted by atomic mass is 35.5. The number of fused-ring (bicyclic) bond motifs is 1. The van der Waals surface area contributed by atoms with E-state index in [0.29, 0.717) is 22.1 Å². The molecule has 0 atom stereocenters. The summed E-state index contributed by atoms with van der Waals surface area (Å²) in [4.78, 5) is 15.6. The highest BCUT2D eigenvalue weighted by Gasteiger charge is 2.11. The van der Waals surface area contributed by atoms with E-state index in [1.54, 1.807) is 18.2 Å². The van der Waals surface area contributed by atoms with Crippen LogP contribution in [0.1, 0.15) is 16.1 Å². The average Bonchev–Trinajstić information content (AvgIpc) is 2.49. The van der Waals surface area contributed by atoms with Gasteiger partial charge >= 0.3 is 0 Å². The summed E-state index contributed by atoms with van der Waals surface area (Å²) in [5.74, 6) is 0.928. The molecule has 0 fully saturated rings. The molecule has 0 spiro atoms. The molecule has 4 heteroatoms. The largest absolute Gasteiger partial charge is 0.453 e. The Labute approximate surface area is 127 Å². The number of aromatic nitrogens is 1. The van der Waals surface area contributed by atoms with Crippen molar-refractivity contribution < 1.29 is 9.53 Å². The van der Waals surface area contributed by atoms with Crippen LogP contribution in [0, 0.1) is 6.92 Å². The number of ether oxygens (including phenoxy) is 1. The van der Waals surface area contributed by atoms with Gasteiger partial charge in [0.05, 0.1) is 10.6 Å². The molecule has 2 aromatic carbocycles. The number of pyridine rings is 1. The van der Waals surface area contributed by atoms with E-state index in [0.717, 1.165) is 22.9 Å². The van der Waals surface area contributed by atoms with Gasteiger partial charge in [-0.25, -0.2) is 4.98 Å². The highest BCUT2D eigenvalue weighted by Crippen LogP contribution is 2.35. The maximum atomic E-state index is 11.1. The third-order valence-electron chi connectivity index (χ3n) is 3.16. The van der Waals surface area contributed by atoms with Gasteiger partial charge in [0, 0.05) is 11.1 Å². The van der Waals surface area contributed by atoms with Gasteiger partial charge in [0.25, 0.3) is 0 Å². The van der Waals surface area contributed by atoms with Crippen LogP contribution >= 0.6 is 11.6 Å². The first-order chi connectivity index (χ1) is 10.2. The number of carbonyl (C=O) groups excluding carboxylic acids is 1. The van der Waals surface area contributed by atoms with Crippen LogP contribution < -0.4 is 4.74 Å². The van der Waals surface area contributed by atoms with Crippen molar-refractivity contribution in [3.8, 4) is 11.5 Å². The summed E-state index contributed by atoms with van der Waals surface area (Å²) < 4.78 is 5.87. The molecule has 104 valence electrons. The van der Waals surface area contributed by atoms with E-state index in [1.807, 2.05) is 37.3 Å². The fourth-order valence-corrected chi connectivity index (χ4v) is 2.36. The molecule has 3 nitrogen and oxygen atoms in total. The first-order valence-corrected chi connectivity index (χ1v) is 6.85. The van der Waals surface area contributed by atoms with E-state index in [1.165, 1.54) is 0 Å². The van der Waals surface area contributed by atoms with Crippen LogP contribution in [0.15, 0.2) is 48.5 Å². The van der Waals surface area contributed by atoms with Crippen molar-refractivity contribution in [2.24, 2.45) is 0 Å². The molecule has 3 aromatic rings. The lowest BCUT2D eigenvalue weighted by molar-refractivity contribution is 0.112. The molecule has 1 aromatic heterocycles. The lowest BCUT2D eigenvalue weighted by Gasteiger charge is -2.11. The van der Waals surface area contributed by atoms with Crippen molar-refractivity contribution in [1.82, 2.24) is 4.98 Å². The smallest absolute Gasteiger partial charge is 0.156 e. The van der Waals surface area contributed by atoms with Gasteiger partial charge in [-0.15, -0.1) is 0 Å². The molecule has 0 bridgehead atoms. The van der Waals surface area contributed by atoms with Gasteiger partial charge in [0.1, 0.15) is 5.52 Å². The minimum Gasteiger partial charge on any atom is -0.453 e. The second-order valence-electron chi connectivity index (χ2n) is 4.66. The Bertz CT molecular complexity index is 830. The van der Waals surface area contributed by atoms with Gasteiger partial charge < -0.3 is 4.74 Å². The Morgan fingerprint density at radius 3 is 2.71 bits per heavy atom. The summed E-state index contributed by atoms with van der Waals surface area (Å²) in [6.07, 6.45) is 0.727. The van der Waals surface area contributed by atoms with Gasteiger partial charge in [-0.1, -0.05) is 35.9 Å². The molecule has 0 aliphatic rings. The summed E-state index contributed by atoms with van der Waals surface area (Å²) in [7, 11) is 0. The van der Waals surface area contributed by atoms with Gasteiger partial charge in [-0.05, 0) is 31.2 Å². The SMILES string of the molecule is Cc1ccc2cccc(Oc3c(Cl)cccc3C=O)c2n1. The number of hydrogen-bond acceptors (Lipinski definition) is 3. The van der Waals surface area contributed by atoms with Crippen molar-refractivity contribution in [3.63, 3.8) is 0 Å². The molecule has 1 heterocycles. The Hall–Kier alpha value is -2.39. The van der Waals surface area contributed by atoms with Crippen LogP contribution in [0.3, 0.4) is 0 Å². The molecule has 0 unspecified atom stereocenters. The second-order valence-corrected chi connectivity index (χ2v) is 5.07. The molecule has 0 saturated heterocycles. The third-order valence-corrected chi connectivity index (χ3v) is 3.46. The van der Waals surface area contributed by atoms with Crippen LogP contribution in [0.4, 0.5) is 0 Å². The molecular weight excluding hydrogens is 286 g/mol. The number of hydrogen-bond donors (Lipinski definition) is 0. The molecule has 0 N–H and O–H groups in total. The maximum Gasteiger partial charge on any atom is 0.156 e. The number of nitrogens with zero attached hydrogens (tertiary/aromatic N) is 1. The van der Waals surface area contributed by atoms with E-state index in [4.69, 9.17) is 16.3 Å². The monoisotopic (exact) mass is 297 g/mol. The molecule has 21 heavy (non-hydrogen) atoms. The number of aryl methyl sites for hydroxylation is 1. The zero-order valence-corrected chi connectivity index (χ0v) is 12.1. The van der Waals surface area contributed by atoms with Crippen LogP contribution in [0.25, 0.3) is 10.9 Å². The summed E-state index contributed by atoms with van der Waals surface area (Å²) >= 11 is 6.14. The predicted octanol–water partition coefficient (Wildman–Crippen LogP) is 4.80. The van der Waals surface area contributed by atoms with Crippen molar-refractivity contribution in [1.29, 1.82) is 0 Å². The lowest BCUT2D eigenvalue weighted by Crippen LogP contribution is -1.94. The Morgan fingerprint density at radius 2 is 1.90 bits per heavy atom. The van der Waals surface area contributed by atoms with Gasteiger partial charge in [0.2, 0.25) is 0 Å². The maximum absolute atomic E-state index is 11.1. The van der Waals surface area contributed by atoms with Gasteiger partial charge in [-0.2, -0.15) is 0 Å². The van der Waals surface area contributed by atoms with Crippen molar-refractivity contribution >= 4 is 28.8 Å². The number of rotatable bonds is 3. The quantitative estimate of drug-likeness (QED) is 0.652. The predicted molar refractivity (Wildman–Crippen MR) is 83.4 cm³/mol. The Balaban J connectivity index is 2.15. The third kappa shape index (κ3) is 2.60. The summed E-state index contributed by atoms with van der Waals surface area (Å²) in [6.45, 7) is 1.92. The van der Waals surface area contributed by atoms with Crippen molar-refractivity contribution in [3.05, 3.63) is 64.8 Å². The van der Waals surface area contributed by atoms with E-state index >= 15 is 0 Å². The molecule has 0 aliphatic heterocycles. The fourth-order valence-electron chi connectivity index (χ4n) is 2.14. The van der Waals surface area contributed by atoms with Crippen molar-refractivity contribution in [2.45, 2.75) is 6.92 Å². The van der Waals surface area contributed by atoms with E-state index < -0.39 is 0 Å².